The van der Waals surface area contributed by atoms with Crippen molar-refractivity contribution in [1.82, 2.24) is 4.31 Å². The molecule has 7 nitrogen and oxygen atoms in total. The Bertz CT molecular complexity index is 1310. The molecule has 9 heteroatoms. The lowest BCUT2D eigenvalue weighted by atomic mass is 10.1. The molecule has 35 heavy (non-hydrogen) atoms. The molecule has 0 N–H and O–H groups in total. The van der Waals surface area contributed by atoms with Crippen LogP contribution in [0.25, 0.3) is 0 Å². The Morgan fingerprint density at radius 1 is 1.00 bits per heavy atom. The fraction of sp³-hybridized carbons (Fsp3) is 0.231. The van der Waals surface area contributed by atoms with E-state index in [9.17, 15) is 22.4 Å². The zero-order valence-electron chi connectivity index (χ0n) is 19.3. The fourth-order valence-electron chi connectivity index (χ4n) is 4.20. The van der Waals surface area contributed by atoms with E-state index in [0.717, 1.165) is 33.5 Å². The van der Waals surface area contributed by atoms with Gasteiger partial charge in [-0.05, 0) is 67.9 Å². The molecule has 2 amide bonds. The predicted molar refractivity (Wildman–Crippen MR) is 129 cm³/mol. The first-order chi connectivity index (χ1) is 16.7. The molecule has 0 spiro atoms. The Kier molecular flexibility index (Phi) is 7.00. The van der Waals surface area contributed by atoms with Crippen molar-refractivity contribution in [2.75, 3.05) is 11.5 Å². The van der Waals surface area contributed by atoms with E-state index in [1.807, 2.05) is 6.92 Å². The van der Waals surface area contributed by atoms with Crippen LogP contribution >= 0.6 is 0 Å². The number of ether oxygens (including phenoxy) is 1. The average Bonchev–Trinajstić information content (AvgIpc) is 3.14. The third-order valence-corrected chi connectivity index (χ3v) is 7.88. The second kappa shape index (κ2) is 9.97. The number of amides is 2. The van der Waals surface area contributed by atoms with Crippen molar-refractivity contribution in [3.63, 3.8) is 0 Å². The molecule has 1 aliphatic rings. The molecule has 0 radical (unpaired) electrons. The van der Waals surface area contributed by atoms with Crippen molar-refractivity contribution in [3.8, 4) is 5.75 Å². The Morgan fingerprint density at radius 3 is 2.23 bits per heavy atom. The van der Waals surface area contributed by atoms with Crippen molar-refractivity contribution in [2.45, 2.75) is 37.2 Å². The van der Waals surface area contributed by atoms with Crippen molar-refractivity contribution in [1.29, 1.82) is 0 Å². The molecule has 2 unspecified atom stereocenters. The lowest BCUT2D eigenvalue weighted by Gasteiger charge is -2.32. The highest BCUT2D eigenvalue weighted by molar-refractivity contribution is 7.89. The third kappa shape index (κ3) is 4.82. The van der Waals surface area contributed by atoms with Gasteiger partial charge >= 0.3 is 0 Å². The van der Waals surface area contributed by atoms with E-state index in [-0.39, 0.29) is 11.3 Å². The summed E-state index contributed by atoms with van der Waals surface area (Å²) in [7, 11) is -4.28. The molecule has 0 aromatic heterocycles. The van der Waals surface area contributed by atoms with Gasteiger partial charge in [-0.2, -0.15) is 4.31 Å². The van der Waals surface area contributed by atoms with E-state index in [1.165, 1.54) is 0 Å². The van der Waals surface area contributed by atoms with Crippen molar-refractivity contribution in [3.05, 3.63) is 90.2 Å². The predicted octanol–water partition coefficient (Wildman–Crippen LogP) is 4.31. The van der Waals surface area contributed by atoms with Gasteiger partial charge in [0.15, 0.2) is 0 Å². The summed E-state index contributed by atoms with van der Waals surface area (Å²) >= 11 is 0. The zero-order chi connectivity index (χ0) is 25.2. The van der Waals surface area contributed by atoms with Crippen molar-refractivity contribution >= 4 is 27.5 Å². The molecule has 182 valence electrons. The van der Waals surface area contributed by atoms with Gasteiger partial charge in [-0.15, -0.1) is 0 Å². The molecule has 3 aromatic rings. The number of sulfonamides is 1. The number of carbonyl (C=O) groups is 2. The summed E-state index contributed by atoms with van der Waals surface area (Å²) in [5.74, 6) is -1.15. The van der Waals surface area contributed by atoms with Crippen molar-refractivity contribution < 1.29 is 27.1 Å². The summed E-state index contributed by atoms with van der Waals surface area (Å²) in [5, 5.41) is 0. The smallest absolute Gasteiger partial charge is 0.252 e. The van der Waals surface area contributed by atoms with Crippen LogP contribution in [0.15, 0.2) is 83.8 Å². The molecular weight excluding hydrogens is 471 g/mol. The van der Waals surface area contributed by atoms with Crippen LogP contribution in [0.2, 0.25) is 0 Å². The monoisotopic (exact) mass is 496 g/mol. The summed E-state index contributed by atoms with van der Waals surface area (Å²) in [4.78, 5) is 27.4. The molecule has 1 heterocycles. The maximum absolute atomic E-state index is 13.8. The highest BCUT2D eigenvalue weighted by Gasteiger charge is 2.48. The molecule has 3 aromatic carbocycles. The largest absolute Gasteiger partial charge is 0.494 e. The Hall–Kier alpha value is -3.56. The molecule has 4 rings (SSSR count). The van der Waals surface area contributed by atoms with Gasteiger partial charge in [0.1, 0.15) is 17.6 Å². The number of nitrogens with zero attached hydrogens (tertiary/aromatic N) is 2. The minimum Gasteiger partial charge on any atom is -0.494 e. The van der Waals surface area contributed by atoms with E-state index in [0.29, 0.717) is 23.6 Å². The highest BCUT2D eigenvalue weighted by atomic mass is 32.2. The number of halogens is 1. The number of benzene rings is 3. The van der Waals surface area contributed by atoms with E-state index < -0.39 is 39.7 Å². The van der Waals surface area contributed by atoms with E-state index in [2.05, 4.69) is 0 Å². The summed E-state index contributed by atoms with van der Waals surface area (Å²) < 4.78 is 47.5. The van der Waals surface area contributed by atoms with Gasteiger partial charge in [-0.25, -0.2) is 17.7 Å². The standard InChI is InChI=1S/C26H25FN2O5S/c1-3-34-22-13-11-21(12-14-22)28-25(30)17-24(26(28)31)29(18(2)19-7-5-4-6-8-19)35(32,33)23-15-9-20(27)10-16-23/h4-16,18,24H,3,17H2,1-2H3. The van der Waals surface area contributed by atoms with Gasteiger partial charge in [-0.3, -0.25) is 9.59 Å². The highest BCUT2D eigenvalue weighted by Crippen LogP contribution is 2.36. The maximum Gasteiger partial charge on any atom is 0.252 e. The van der Waals surface area contributed by atoms with Crippen LogP contribution in [0.1, 0.15) is 31.9 Å². The SMILES string of the molecule is CCOc1ccc(N2C(=O)CC(N(C(C)c3ccccc3)S(=O)(=O)c3ccc(F)cc3)C2=O)cc1. The Balaban J connectivity index is 1.75. The zero-order valence-corrected chi connectivity index (χ0v) is 20.1. The minimum absolute atomic E-state index is 0.165. The van der Waals surface area contributed by atoms with E-state index >= 15 is 0 Å². The van der Waals surface area contributed by atoms with Crippen LogP contribution in [0.3, 0.4) is 0 Å². The molecule has 1 saturated heterocycles. The van der Waals surface area contributed by atoms with Crippen LogP contribution in [-0.2, 0) is 19.6 Å². The first-order valence-electron chi connectivity index (χ1n) is 11.2. The minimum atomic E-state index is -4.28. The van der Waals surface area contributed by atoms with E-state index in [4.69, 9.17) is 4.74 Å². The second-order valence-corrected chi connectivity index (χ2v) is 9.93. The molecule has 0 saturated carbocycles. The molecular formula is C26H25FN2O5S. The number of rotatable bonds is 8. The maximum atomic E-state index is 13.8. The number of imide groups is 1. The van der Waals surface area contributed by atoms with Crippen molar-refractivity contribution in [2.24, 2.45) is 0 Å². The van der Waals surface area contributed by atoms with Crippen LogP contribution in [0, 0.1) is 5.82 Å². The Labute approximate surface area is 203 Å². The van der Waals surface area contributed by atoms with Gasteiger partial charge in [0.25, 0.3) is 5.91 Å². The number of hydrogen-bond donors (Lipinski definition) is 0. The van der Waals surface area contributed by atoms with Gasteiger partial charge in [0.05, 0.1) is 23.6 Å². The number of carbonyl (C=O) groups excluding carboxylic acids is 2. The fourth-order valence-corrected chi connectivity index (χ4v) is 5.96. The summed E-state index contributed by atoms with van der Waals surface area (Å²) in [6.45, 7) is 3.97. The van der Waals surface area contributed by atoms with Crippen LogP contribution in [0.5, 0.6) is 5.75 Å². The summed E-state index contributed by atoms with van der Waals surface area (Å²) in [6, 6.07) is 17.7. The molecule has 0 bridgehead atoms. The van der Waals surface area contributed by atoms with Gasteiger partial charge < -0.3 is 4.74 Å². The lowest BCUT2D eigenvalue weighted by Crippen LogP contribution is -2.46. The van der Waals surface area contributed by atoms with Gasteiger partial charge in [0.2, 0.25) is 15.9 Å². The van der Waals surface area contributed by atoms with Crippen LogP contribution in [0.4, 0.5) is 10.1 Å². The normalized spacial score (nSPS) is 17.1. The first-order valence-corrected chi connectivity index (χ1v) is 12.6. The number of hydrogen-bond acceptors (Lipinski definition) is 5. The van der Waals surface area contributed by atoms with E-state index in [1.54, 1.807) is 61.5 Å². The van der Waals surface area contributed by atoms with Crippen LogP contribution < -0.4 is 9.64 Å². The average molecular weight is 497 g/mol. The third-order valence-electron chi connectivity index (χ3n) is 5.89. The molecule has 1 aliphatic heterocycles. The summed E-state index contributed by atoms with van der Waals surface area (Å²) in [5.41, 5.74) is 0.982. The van der Waals surface area contributed by atoms with Crippen LogP contribution in [-0.4, -0.2) is 37.2 Å². The lowest BCUT2D eigenvalue weighted by molar-refractivity contribution is -0.122. The summed E-state index contributed by atoms with van der Waals surface area (Å²) in [6.07, 6.45) is -0.316. The van der Waals surface area contributed by atoms with Gasteiger partial charge in [0, 0.05) is 6.04 Å². The first kappa shape index (κ1) is 24.6. The quantitative estimate of drug-likeness (QED) is 0.434. The van der Waals surface area contributed by atoms with Gasteiger partial charge in [-0.1, -0.05) is 30.3 Å². The molecule has 2 atom stereocenters. The Morgan fingerprint density at radius 2 is 1.63 bits per heavy atom. The molecule has 0 aliphatic carbocycles. The number of anilines is 1. The topological polar surface area (TPSA) is 84.0 Å². The second-order valence-electron chi connectivity index (χ2n) is 8.09. The molecule has 1 fully saturated rings.